The number of halogens is 3. The van der Waals surface area contributed by atoms with Crippen LogP contribution in [0.3, 0.4) is 0 Å². The van der Waals surface area contributed by atoms with Gasteiger partial charge in [0.15, 0.2) is 11.6 Å². The largest absolute Gasteiger partial charge is 0.206 e. The van der Waals surface area contributed by atoms with E-state index in [1.807, 2.05) is 29.4 Å². The first-order valence-electron chi connectivity index (χ1n) is 9.13. The van der Waals surface area contributed by atoms with Gasteiger partial charge in [0.25, 0.3) is 0 Å². The molecular formula is C24H16F3NS2. The van der Waals surface area contributed by atoms with Gasteiger partial charge in [-0.3, -0.25) is 0 Å². The molecule has 3 rings (SSSR count). The summed E-state index contributed by atoms with van der Waals surface area (Å²) in [6.45, 7) is 2.13. The van der Waals surface area contributed by atoms with Crippen LogP contribution in [0.5, 0.6) is 0 Å². The number of thiocarbonyl (C=S) groups is 1. The topological polar surface area (TPSA) is 12.4 Å². The van der Waals surface area contributed by atoms with Crippen LogP contribution in [0.15, 0.2) is 64.5 Å². The number of rotatable bonds is 5. The molecular weight excluding hydrogens is 423 g/mol. The average molecular weight is 440 g/mol. The summed E-state index contributed by atoms with van der Waals surface area (Å²) in [5, 5.41) is 1.92. The molecule has 0 aliphatic rings. The summed E-state index contributed by atoms with van der Waals surface area (Å²) in [6.07, 6.45) is 1.11. The number of hydrogen-bond acceptors (Lipinski definition) is 3. The molecule has 0 unspecified atom stereocenters. The average Bonchev–Trinajstić information content (AvgIpc) is 2.74. The van der Waals surface area contributed by atoms with Crippen molar-refractivity contribution in [3.05, 3.63) is 83.2 Å². The number of isothiocyanates is 1. The molecule has 0 aliphatic carbocycles. The van der Waals surface area contributed by atoms with Crippen LogP contribution in [0, 0.1) is 29.3 Å². The quantitative estimate of drug-likeness (QED) is 0.178. The maximum atomic E-state index is 14.6. The molecule has 0 aliphatic heterocycles. The van der Waals surface area contributed by atoms with Gasteiger partial charge in [-0.25, -0.2) is 13.2 Å². The smallest absolute Gasteiger partial charge is 0.153 e. The van der Waals surface area contributed by atoms with E-state index >= 15 is 0 Å². The van der Waals surface area contributed by atoms with E-state index in [-0.39, 0.29) is 11.1 Å². The van der Waals surface area contributed by atoms with Crippen molar-refractivity contribution in [3.63, 3.8) is 0 Å². The fourth-order valence-corrected chi connectivity index (χ4v) is 3.56. The Morgan fingerprint density at radius 3 is 2.10 bits per heavy atom. The van der Waals surface area contributed by atoms with Gasteiger partial charge in [0.2, 0.25) is 0 Å². The summed E-state index contributed by atoms with van der Waals surface area (Å²) in [4.78, 5) is 4.53. The molecule has 0 spiro atoms. The maximum Gasteiger partial charge on any atom is 0.153 e. The molecule has 0 fully saturated rings. The zero-order valence-corrected chi connectivity index (χ0v) is 17.6. The van der Waals surface area contributed by atoms with Crippen LogP contribution in [0.4, 0.5) is 18.9 Å². The molecule has 150 valence electrons. The fourth-order valence-electron chi connectivity index (χ4n) is 2.70. The molecule has 0 heterocycles. The van der Waals surface area contributed by atoms with Crippen LogP contribution in [0.1, 0.15) is 24.5 Å². The van der Waals surface area contributed by atoms with Gasteiger partial charge in [-0.2, -0.15) is 4.99 Å². The van der Waals surface area contributed by atoms with E-state index in [9.17, 15) is 13.2 Å². The Balaban J connectivity index is 1.83. The first kappa shape index (κ1) is 21.9. The molecule has 6 heteroatoms. The molecule has 0 saturated heterocycles. The van der Waals surface area contributed by atoms with Crippen LogP contribution in [0.25, 0.3) is 11.1 Å². The lowest BCUT2D eigenvalue weighted by Gasteiger charge is -2.06. The predicted molar refractivity (Wildman–Crippen MR) is 120 cm³/mol. The number of aliphatic imine (C=N–C) groups is 1. The minimum atomic E-state index is -0.939. The van der Waals surface area contributed by atoms with E-state index in [4.69, 9.17) is 0 Å². The first-order chi connectivity index (χ1) is 14.5. The Bertz CT molecular complexity index is 1150. The Morgan fingerprint density at radius 2 is 1.50 bits per heavy atom. The van der Waals surface area contributed by atoms with E-state index < -0.39 is 23.1 Å². The minimum absolute atomic E-state index is 0.0606. The molecule has 0 bridgehead atoms. The van der Waals surface area contributed by atoms with Crippen molar-refractivity contribution in [1.82, 2.24) is 0 Å². The predicted octanol–water partition coefficient (Wildman–Crippen LogP) is 7.41. The van der Waals surface area contributed by atoms with Crippen molar-refractivity contribution in [2.75, 3.05) is 5.75 Å². The van der Waals surface area contributed by atoms with Gasteiger partial charge in [0.05, 0.1) is 5.16 Å². The van der Waals surface area contributed by atoms with Gasteiger partial charge in [0, 0.05) is 21.6 Å². The van der Waals surface area contributed by atoms with Crippen molar-refractivity contribution in [3.8, 4) is 23.0 Å². The third-order valence-electron chi connectivity index (χ3n) is 4.13. The van der Waals surface area contributed by atoms with Crippen LogP contribution in [-0.2, 0) is 0 Å². The van der Waals surface area contributed by atoms with Crippen LogP contribution in [-0.4, -0.2) is 10.9 Å². The first-order valence-corrected chi connectivity index (χ1v) is 10.5. The van der Waals surface area contributed by atoms with E-state index in [0.29, 0.717) is 5.56 Å². The second-order valence-corrected chi connectivity index (χ2v) is 7.66. The normalized spacial score (nSPS) is 10.1. The highest BCUT2D eigenvalue weighted by Gasteiger charge is 2.14. The number of thioether (sulfide) groups is 1. The SMILES string of the molecule is CCCSc1ccc(C#Cc2ccc(-c3cc(F)c(N=C=S)c(F)c3)c(F)c2)cc1. The van der Waals surface area contributed by atoms with Crippen molar-refractivity contribution >= 4 is 34.8 Å². The second-order valence-electron chi connectivity index (χ2n) is 6.31. The summed E-state index contributed by atoms with van der Waals surface area (Å²) < 4.78 is 42.6. The molecule has 0 N–H and O–H groups in total. The van der Waals surface area contributed by atoms with Gasteiger partial charge in [0.1, 0.15) is 11.5 Å². The van der Waals surface area contributed by atoms with Crippen LogP contribution < -0.4 is 0 Å². The number of hydrogen-bond donors (Lipinski definition) is 0. The lowest BCUT2D eigenvalue weighted by molar-refractivity contribution is 0.588. The third-order valence-corrected chi connectivity index (χ3v) is 5.44. The number of benzene rings is 3. The summed E-state index contributed by atoms with van der Waals surface area (Å²) in [5.74, 6) is 4.47. The van der Waals surface area contributed by atoms with Crippen molar-refractivity contribution in [1.29, 1.82) is 0 Å². The van der Waals surface area contributed by atoms with Gasteiger partial charge in [-0.15, -0.1) is 11.8 Å². The summed E-state index contributed by atoms with van der Waals surface area (Å²) in [5.41, 5.74) is 0.859. The highest BCUT2D eigenvalue weighted by molar-refractivity contribution is 7.99. The Morgan fingerprint density at radius 1 is 0.867 bits per heavy atom. The lowest BCUT2D eigenvalue weighted by atomic mass is 10.0. The molecule has 3 aromatic carbocycles. The summed E-state index contributed by atoms with van der Waals surface area (Å²) in [6, 6.07) is 14.2. The number of nitrogens with zero attached hydrogens (tertiary/aromatic N) is 1. The maximum absolute atomic E-state index is 14.6. The minimum Gasteiger partial charge on any atom is -0.206 e. The Labute approximate surface area is 183 Å². The third kappa shape index (κ3) is 5.40. The molecule has 0 amide bonds. The van der Waals surface area contributed by atoms with Gasteiger partial charge in [-0.1, -0.05) is 24.8 Å². The van der Waals surface area contributed by atoms with Crippen LogP contribution >= 0.6 is 24.0 Å². The van der Waals surface area contributed by atoms with E-state index in [0.717, 1.165) is 29.9 Å². The Hall–Kier alpha value is -2.84. The highest BCUT2D eigenvalue weighted by Crippen LogP contribution is 2.30. The van der Waals surface area contributed by atoms with Crippen molar-refractivity contribution in [2.24, 2.45) is 4.99 Å². The standard InChI is InChI=1S/C24H16F3NS2/c1-2-11-30-19-8-5-16(6-9-19)3-4-17-7-10-20(21(25)12-17)18-13-22(26)24(28-15-29)23(27)14-18/h5-10,12-14H,2,11H2,1H3. The van der Waals surface area contributed by atoms with E-state index in [1.165, 1.54) is 17.0 Å². The van der Waals surface area contributed by atoms with Gasteiger partial charge < -0.3 is 0 Å². The molecule has 3 aromatic rings. The molecule has 0 saturated carbocycles. The van der Waals surface area contributed by atoms with Gasteiger partial charge >= 0.3 is 0 Å². The van der Waals surface area contributed by atoms with Crippen molar-refractivity contribution in [2.45, 2.75) is 18.2 Å². The van der Waals surface area contributed by atoms with E-state index in [1.54, 1.807) is 17.8 Å². The monoisotopic (exact) mass is 439 g/mol. The van der Waals surface area contributed by atoms with E-state index in [2.05, 4.69) is 36.0 Å². The lowest BCUT2D eigenvalue weighted by Crippen LogP contribution is -1.90. The molecule has 0 radical (unpaired) electrons. The highest BCUT2D eigenvalue weighted by atomic mass is 32.2. The zero-order valence-electron chi connectivity index (χ0n) is 16.0. The van der Waals surface area contributed by atoms with Crippen LogP contribution in [0.2, 0.25) is 0 Å². The summed E-state index contributed by atoms with van der Waals surface area (Å²) in [7, 11) is 0. The molecule has 1 nitrogen and oxygen atoms in total. The van der Waals surface area contributed by atoms with Gasteiger partial charge in [-0.05, 0) is 78.5 Å². The Kier molecular flexibility index (Phi) is 7.48. The molecule has 0 atom stereocenters. The molecule has 30 heavy (non-hydrogen) atoms. The summed E-state index contributed by atoms with van der Waals surface area (Å²) >= 11 is 6.16. The van der Waals surface area contributed by atoms with Crippen molar-refractivity contribution < 1.29 is 13.2 Å². The zero-order chi connectivity index (χ0) is 21.5. The molecule has 0 aromatic heterocycles. The second kappa shape index (κ2) is 10.3. The fraction of sp³-hybridized carbons (Fsp3) is 0.125.